The van der Waals surface area contributed by atoms with Gasteiger partial charge >= 0.3 is 5.69 Å². The van der Waals surface area contributed by atoms with Crippen molar-refractivity contribution in [3.05, 3.63) is 70.5 Å². The molecule has 7 nitrogen and oxygen atoms in total. The molecule has 1 aromatic carbocycles. The lowest BCUT2D eigenvalue weighted by atomic mass is 9.99. The second-order valence-electron chi connectivity index (χ2n) is 5.34. The first-order valence-electron chi connectivity index (χ1n) is 9.86. The summed E-state index contributed by atoms with van der Waals surface area (Å²) in [7, 11) is 0. The summed E-state index contributed by atoms with van der Waals surface area (Å²) >= 11 is 0. The van der Waals surface area contributed by atoms with Crippen molar-refractivity contribution in [2.45, 2.75) is 13.5 Å². The lowest BCUT2D eigenvalue weighted by Crippen LogP contribution is -2.10. The monoisotopic (exact) mass is 338 g/mol. The smallest absolute Gasteiger partial charge is 0.348 e. The maximum Gasteiger partial charge on any atom is 0.348 e. The highest BCUT2D eigenvalue weighted by Gasteiger charge is 2.17. The highest BCUT2D eigenvalue weighted by Crippen LogP contribution is 2.33. The molecular formula is C18H15N5O2. The number of pyridine rings is 1. The Morgan fingerprint density at radius 3 is 2.80 bits per heavy atom. The van der Waals surface area contributed by atoms with Crippen LogP contribution in [0.5, 0.6) is 0 Å². The minimum Gasteiger partial charge on any atom is -0.390 e. The van der Waals surface area contributed by atoms with Gasteiger partial charge in [-0.2, -0.15) is 5.10 Å². The Bertz CT molecular complexity index is 1350. The summed E-state index contributed by atoms with van der Waals surface area (Å²) in [5.41, 5.74) is 1.24. The number of aromatic amines is 1. The predicted octanol–water partition coefficient (Wildman–Crippen LogP) is 1.95. The quantitative estimate of drug-likeness (QED) is 0.595. The van der Waals surface area contributed by atoms with Crippen molar-refractivity contribution >= 4 is 5.65 Å². The van der Waals surface area contributed by atoms with Crippen LogP contribution in [0.2, 0.25) is 0 Å². The van der Waals surface area contributed by atoms with E-state index in [1.54, 1.807) is 19.1 Å². The van der Waals surface area contributed by atoms with E-state index in [1.807, 2.05) is 0 Å². The van der Waals surface area contributed by atoms with Crippen molar-refractivity contribution in [3.63, 3.8) is 0 Å². The standard InChI is InChI=1S/C18H15N5O2/c1-11-7-13(8-14(9-24)20-11)15-16(12-5-3-2-4-6-12)19-10-23-17(15)21-22-18(23)25/h2-8,10,24H,9H2,1H3,(H,22,25)/i2D,3D,4D,5D,6D. The number of aromatic nitrogens is 5. The van der Waals surface area contributed by atoms with Crippen LogP contribution in [-0.2, 0) is 6.61 Å². The largest absolute Gasteiger partial charge is 0.390 e. The summed E-state index contributed by atoms with van der Waals surface area (Å²) < 4.78 is 41.5. The molecule has 0 atom stereocenters. The van der Waals surface area contributed by atoms with Crippen LogP contribution in [0.3, 0.4) is 0 Å². The number of nitrogens with one attached hydrogen (secondary N) is 1. The number of aryl methyl sites for hydroxylation is 1. The Hall–Kier alpha value is -3.32. The van der Waals surface area contributed by atoms with E-state index in [-0.39, 0.29) is 29.1 Å². The Balaban J connectivity index is 2.18. The van der Waals surface area contributed by atoms with Crippen molar-refractivity contribution in [1.29, 1.82) is 0 Å². The number of rotatable bonds is 3. The summed E-state index contributed by atoms with van der Waals surface area (Å²) in [4.78, 5) is 20.6. The zero-order chi connectivity index (χ0) is 21.7. The third-order valence-electron chi connectivity index (χ3n) is 3.66. The van der Waals surface area contributed by atoms with E-state index in [9.17, 15) is 9.90 Å². The third kappa shape index (κ3) is 2.60. The van der Waals surface area contributed by atoms with E-state index >= 15 is 0 Å². The SMILES string of the molecule is [2H]c1c([2H])c([2H])c(-c2ncn3c(=O)[nH]nc3c2-c2cc(C)nc(CO)c2)c([2H])c1[2H]. The number of benzene rings is 1. The molecule has 0 spiro atoms. The first-order valence-corrected chi connectivity index (χ1v) is 7.36. The summed E-state index contributed by atoms with van der Waals surface area (Å²) in [6, 6.07) is 0.876. The number of H-pyrrole nitrogens is 1. The van der Waals surface area contributed by atoms with Crippen molar-refractivity contribution in [1.82, 2.24) is 24.6 Å². The van der Waals surface area contributed by atoms with E-state index in [1.165, 1.54) is 6.33 Å². The molecule has 0 aliphatic carbocycles. The molecule has 0 aliphatic heterocycles. The molecule has 0 amide bonds. The van der Waals surface area contributed by atoms with Gasteiger partial charge in [0.15, 0.2) is 5.65 Å². The molecule has 0 saturated heterocycles. The summed E-state index contributed by atoms with van der Waals surface area (Å²) in [6.07, 6.45) is 1.18. The second-order valence-corrected chi connectivity index (χ2v) is 5.34. The lowest BCUT2D eigenvalue weighted by Gasteiger charge is -2.11. The maximum atomic E-state index is 12.1. The van der Waals surface area contributed by atoms with E-state index in [0.29, 0.717) is 17.0 Å². The molecule has 7 heteroatoms. The van der Waals surface area contributed by atoms with Gasteiger partial charge in [0.1, 0.15) is 6.33 Å². The van der Waals surface area contributed by atoms with Gasteiger partial charge in [0.25, 0.3) is 0 Å². The van der Waals surface area contributed by atoms with Gasteiger partial charge in [-0.25, -0.2) is 19.3 Å². The number of fused-ring (bicyclic) bond motifs is 1. The lowest BCUT2D eigenvalue weighted by molar-refractivity contribution is 0.276. The van der Waals surface area contributed by atoms with Crippen LogP contribution in [0.4, 0.5) is 0 Å². The number of nitrogens with zero attached hydrogens (tertiary/aromatic N) is 4. The van der Waals surface area contributed by atoms with E-state index in [2.05, 4.69) is 20.2 Å². The van der Waals surface area contributed by atoms with Gasteiger partial charge in [-0.1, -0.05) is 30.2 Å². The summed E-state index contributed by atoms with van der Waals surface area (Å²) in [6.45, 7) is 1.39. The Morgan fingerprint density at radius 1 is 1.24 bits per heavy atom. The molecule has 4 aromatic rings. The third-order valence-corrected chi connectivity index (χ3v) is 3.66. The van der Waals surface area contributed by atoms with Crippen LogP contribution >= 0.6 is 0 Å². The second kappa shape index (κ2) is 5.95. The van der Waals surface area contributed by atoms with Crippen LogP contribution in [-0.4, -0.2) is 29.7 Å². The normalized spacial score (nSPS) is 13.9. The molecule has 3 aromatic heterocycles. The Morgan fingerprint density at radius 2 is 2.04 bits per heavy atom. The fourth-order valence-corrected chi connectivity index (χ4v) is 2.66. The van der Waals surface area contributed by atoms with Crippen molar-refractivity contribution < 1.29 is 12.0 Å². The van der Waals surface area contributed by atoms with Crippen molar-refractivity contribution in [2.75, 3.05) is 0 Å². The van der Waals surface area contributed by atoms with Crippen LogP contribution < -0.4 is 5.69 Å². The van der Waals surface area contributed by atoms with Crippen LogP contribution in [0.1, 0.15) is 18.2 Å². The van der Waals surface area contributed by atoms with Gasteiger partial charge < -0.3 is 5.11 Å². The predicted molar refractivity (Wildman–Crippen MR) is 92.9 cm³/mol. The molecule has 2 N–H and O–H groups in total. The fourth-order valence-electron chi connectivity index (χ4n) is 2.66. The van der Waals surface area contributed by atoms with Gasteiger partial charge in [0.05, 0.1) is 30.4 Å². The molecule has 0 bridgehead atoms. The van der Waals surface area contributed by atoms with Crippen LogP contribution in [0.25, 0.3) is 28.0 Å². The average molecular weight is 338 g/mol. The van der Waals surface area contributed by atoms with Gasteiger partial charge in [-0.05, 0) is 24.6 Å². The summed E-state index contributed by atoms with van der Waals surface area (Å²) in [5.74, 6) is 0. The number of aliphatic hydroxyl groups is 1. The molecule has 0 aliphatic rings. The van der Waals surface area contributed by atoms with Crippen molar-refractivity contribution in [3.8, 4) is 22.4 Å². The van der Waals surface area contributed by atoms with Crippen molar-refractivity contribution in [2.24, 2.45) is 0 Å². The molecule has 4 rings (SSSR count). The average Bonchev–Trinajstić information content (AvgIpc) is 3.11. The topological polar surface area (TPSA) is 96.2 Å². The molecule has 25 heavy (non-hydrogen) atoms. The maximum absolute atomic E-state index is 12.1. The van der Waals surface area contributed by atoms with Gasteiger partial charge in [0, 0.05) is 11.3 Å². The molecule has 0 radical (unpaired) electrons. The number of hydrogen-bond acceptors (Lipinski definition) is 5. The zero-order valence-corrected chi connectivity index (χ0v) is 13.1. The van der Waals surface area contributed by atoms with Crippen LogP contribution in [0.15, 0.2) is 53.5 Å². The van der Waals surface area contributed by atoms with Crippen LogP contribution in [0, 0.1) is 6.92 Å². The first kappa shape index (κ1) is 10.5. The number of aliphatic hydroxyl groups excluding tert-OH is 1. The molecule has 0 fully saturated rings. The first-order chi connectivity index (χ1) is 14.2. The highest BCUT2D eigenvalue weighted by atomic mass is 16.3. The van der Waals surface area contributed by atoms with E-state index in [4.69, 9.17) is 6.85 Å². The highest BCUT2D eigenvalue weighted by molar-refractivity contribution is 5.89. The fraction of sp³-hybridized carbons (Fsp3) is 0.111. The minimum absolute atomic E-state index is 0.0630. The molecule has 0 unspecified atom stereocenters. The molecular weight excluding hydrogens is 318 g/mol. The minimum atomic E-state index is -0.542. The Kier molecular flexibility index (Phi) is 2.51. The van der Waals surface area contributed by atoms with Gasteiger partial charge in [-0.3, -0.25) is 4.98 Å². The molecule has 124 valence electrons. The Labute approximate surface area is 149 Å². The number of hydrogen-bond donors (Lipinski definition) is 2. The van der Waals surface area contributed by atoms with Gasteiger partial charge in [-0.15, -0.1) is 0 Å². The van der Waals surface area contributed by atoms with E-state index in [0.717, 1.165) is 4.40 Å². The molecule has 0 saturated carbocycles. The summed E-state index contributed by atoms with van der Waals surface area (Å²) in [5, 5.41) is 15.9. The van der Waals surface area contributed by atoms with E-state index < -0.39 is 35.9 Å². The molecule has 3 heterocycles. The zero-order valence-electron chi connectivity index (χ0n) is 18.1. The van der Waals surface area contributed by atoms with Gasteiger partial charge in [0.2, 0.25) is 0 Å².